The lowest BCUT2D eigenvalue weighted by atomic mass is 10.2. The molecule has 3 rings (SSSR count). The van der Waals surface area contributed by atoms with Gasteiger partial charge in [0.05, 0.1) is 23.7 Å². The molecule has 0 bridgehead atoms. The van der Waals surface area contributed by atoms with E-state index in [1.807, 2.05) is 6.07 Å². The Morgan fingerprint density at radius 1 is 0.875 bits per heavy atom. The van der Waals surface area contributed by atoms with Gasteiger partial charge in [-0.1, -0.05) is 35.3 Å². The molecule has 0 atom stereocenters. The van der Waals surface area contributed by atoms with Crippen LogP contribution in [0.4, 0.5) is 5.69 Å². The van der Waals surface area contributed by atoms with Gasteiger partial charge in [0.2, 0.25) is 17.7 Å². The van der Waals surface area contributed by atoms with Gasteiger partial charge in [0.25, 0.3) is 5.91 Å². The molecule has 0 radical (unpaired) electrons. The first kappa shape index (κ1) is 23.6. The predicted molar refractivity (Wildman–Crippen MR) is 121 cm³/mol. The Morgan fingerprint density at radius 3 is 2.31 bits per heavy atom. The monoisotopic (exact) mass is 476 g/mol. The van der Waals surface area contributed by atoms with E-state index in [9.17, 15) is 19.2 Å². The Balaban J connectivity index is 1.36. The van der Waals surface area contributed by atoms with Crippen LogP contribution in [0.5, 0.6) is 0 Å². The van der Waals surface area contributed by atoms with Crippen molar-refractivity contribution in [2.45, 2.75) is 19.4 Å². The first-order chi connectivity index (χ1) is 15.3. The molecule has 4 N–H and O–H groups in total. The Morgan fingerprint density at radius 2 is 1.59 bits per heavy atom. The van der Waals surface area contributed by atoms with Gasteiger partial charge in [-0.25, -0.2) is 0 Å². The number of anilines is 1. The zero-order valence-corrected chi connectivity index (χ0v) is 18.6. The minimum absolute atomic E-state index is 0.0133. The van der Waals surface area contributed by atoms with Crippen molar-refractivity contribution < 1.29 is 19.2 Å². The highest BCUT2D eigenvalue weighted by Crippen LogP contribution is 2.30. The van der Waals surface area contributed by atoms with Crippen molar-refractivity contribution in [3.8, 4) is 0 Å². The Bertz CT molecular complexity index is 1040. The smallest absolute Gasteiger partial charge is 0.253 e. The molecular formula is C22H22Cl2N4O4. The predicted octanol–water partition coefficient (Wildman–Crippen LogP) is 2.50. The maximum Gasteiger partial charge on any atom is 0.253 e. The van der Waals surface area contributed by atoms with E-state index in [1.54, 1.807) is 18.2 Å². The molecule has 4 amide bonds. The Labute approximate surface area is 195 Å². The minimum Gasteiger partial charge on any atom is -0.350 e. The van der Waals surface area contributed by atoms with Crippen molar-refractivity contribution in [2.24, 2.45) is 5.92 Å². The van der Waals surface area contributed by atoms with E-state index in [4.69, 9.17) is 23.2 Å². The SMILES string of the molecule is O=C(CNC(=O)CNC(=O)c1ccc(Cl)cc1Cl)NCc1cccc(NC(=O)C2CC2)c1. The lowest BCUT2D eigenvalue weighted by Crippen LogP contribution is -2.41. The van der Waals surface area contributed by atoms with Crippen LogP contribution in [0.25, 0.3) is 0 Å². The number of benzene rings is 2. The van der Waals surface area contributed by atoms with Gasteiger partial charge in [-0.3, -0.25) is 19.2 Å². The lowest BCUT2D eigenvalue weighted by molar-refractivity contribution is -0.125. The van der Waals surface area contributed by atoms with Crippen LogP contribution in [0.15, 0.2) is 42.5 Å². The Hall–Kier alpha value is -3.10. The standard InChI is InChI=1S/C22H22Cl2N4O4/c23-15-6-7-17(18(24)9-15)22(32)27-12-20(30)26-11-19(29)25-10-13-2-1-3-16(8-13)28-21(31)14-4-5-14/h1-3,6-9,14H,4-5,10-12H2,(H,25,29)(H,26,30)(H,27,32)(H,28,31). The summed E-state index contributed by atoms with van der Waals surface area (Å²) in [6.07, 6.45) is 1.84. The quantitative estimate of drug-likeness (QED) is 0.444. The maximum atomic E-state index is 12.1. The molecule has 32 heavy (non-hydrogen) atoms. The number of carbonyl (C=O) groups excluding carboxylic acids is 4. The van der Waals surface area contributed by atoms with E-state index in [-0.39, 0.29) is 42.0 Å². The molecule has 1 fully saturated rings. The van der Waals surface area contributed by atoms with E-state index < -0.39 is 17.7 Å². The molecule has 8 nitrogen and oxygen atoms in total. The largest absolute Gasteiger partial charge is 0.350 e. The van der Waals surface area contributed by atoms with Crippen LogP contribution in [0.2, 0.25) is 10.0 Å². The van der Waals surface area contributed by atoms with E-state index in [1.165, 1.54) is 18.2 Å². The summed E-state index contributed by atoms with van der Waals surface area (Å²) >= 11 is 11.8. The molecule has 0 aromatic heterocycles. The van der Waals surface area contributed by atoms with Gasteiger partial charge in [0, 0.05) is 23.2 Å². The first-order valence-electron chi connectivity index (χ1n) is 9.98. The summed E-state index contributed by atoms with van der Waals surface area (Å²) in [5, 5.41) is 11.0. The second kappa shape index (κ2) is 11.0. The molecule has 2 aromatic carbocycles. The van der Waals surface area contributed by atoms with Gasteiger partial charge < -0.3 is 21.3 Å². The van der Waals surface area contributed by atoms with Gasteiger partial charge in [-0.15, -0.1) is 0 Å². The van der Waals surface area contributed by atoms with Crippen LogP contribution in [-0.2, 0) is 20.9 Å². The van der Waals surface area contributed by atoms with Crippen LogP contribution in [-0.4, -0.2) is 36.7 Å². The number of carbonyl (C=O) groups is 4. The molecule has 168 valence electrons. The molecule has 1 saturated carbocycles. The van der Waals surface area contributed by atoms with Crippen molar-refractivity contribution >= 4 is 52.5 Å². The van der Waals surface area contributed by atoms with E-state index in [2.05, 4.69) is 21.3 Å². The third kappa shape index (κ3) is 7.25. The zero-order chi connectivity index (χ0) is 23.1. The summed E-state index contributed by atoms with van der Waals surface area (Å²) in [4.78, 5) is 47.8. The number of hydrogen-bond donors (Lipinski definition) is 4. The second-order valence-corrected chi connectivity index (χ2v) is 8.17. The number of rotatable bonds is 9. The second-order valence-electron chi connectivity index (χ2n) is 7.32. The van der Waals surface area contributed by atoms with Gasteiger partial charge in [-0.05, 0) is 48.7 Å². The summed E-state index contributed by atoms with van der Waals surface area (Å²) in [5.41, 5.74) is 1.68. The molecule has 0 saturated heterocycles. The van der Waals surface area contributed by atoms with E-state index >= 15 is 0 Å². The molecule has 1 aliphatic carbocycles. The fourth-order valence-corrected chi connectivity index (χ4v) is 3.28. The first-order valence-corrected chi connectivity index (χ1v) is 10.7. The zero-order valence-electron chi connectivity index (χ0n) is 17.0. The van der Waals surface area contributed by atoms with Crippen molar-refractivity contribution in [1.29, 1.82) is 0 Å². The van der Waals surface area contributed by atoms with Gasteiger partial charge in [0.1, 0.15) is 0 Å². The van der Waals surface area contributed by atoms with E-state index in [0.717, 1.165) is 18.4 Å². The minimum atomic E-state index is -0.528. The van der Waals surface area contributed by atoms with Crippen LogP contribution < -0.4 is 21.3 Å². The molecule has 2 aromatic rings. The summed E-state index contributed by atoms with van der Waals surface area (Å²) in [7, 11) is 0. The highest BCUT2D eigenvalue weighted by Gasteiger charge is 2.29. The normalized spacial score (nSPS) is 12.6. The topological polar surface area (TPSA) is 116 Å². The number of halogens is 2. The van der Waals surface area contributed by atoms with Crippen LogP contribution in [0.3, 0.4) is 0 Å². The molecule has 0 aliphatic heterocycles. The average molecular weight is 477 g/mol. The fourth-order valence-electron chi connectivity index (χ4n) is 2.78. The van der Waals surface area contributed by atoms with E-state index in [0.29, 0.717) is 10.7 Å². The molecule has 0 spiro atoms. The Kier molecular flexibility index (Phi) is 8.08. The lowest BCUT2D eigenvalue weighted by Gasteiger charge is -2.10. The summed E-state index contributed by atoms with van der Waals surface area (Å²) < 4.78 is 0. The van der Waals surface area contributed by atoms with Gasteiger partial charge >= 0.3 is 0 Å². The van der Waals surface area contributed by atoms with Gasteiger partial charge in [0.15, 0.2) is 0 Å². The van der Waals surface area contributed by atoms with Crippen molar-refractivity contribution in [1.82, 2.24) is 16.0 Å². The van der Waals surface area contributed by atoms with Crippen LogP contribution in [0.1, 0.15) is 28.8 Å². The molecule has 0 heterocycles. The van der Waals surface area contributed by atoms with Crippen molar-refractivity contribution in [2.75, 3.05) is 18.4 Å². The van der Waals surface area contributed by atoms with Crippen LogP contribution in [0, 0.1) is 5.92 Å². The molecular weight excluding hydrogens is 455 g/mol. The number of nitrogens with one attached hydrogen (secondary N) is 4. The third-order valence-corrected chi connectivity index (χ3v) is 5.21. The number of hydrogen-bond acceptors (Lipinski definition) is 4. The highest BCUT2D eigenvalue weighted by atomic mass is 35.5. The number of amides is 4. The van der Waals surface area contributed by atoms with Crippen molar-refractivity contribution in [3.63, 3.8) is 0 Å². The molecule has 1 aliphatic rings. The highest BCUT2D eigenvalue weighted by molar-refractivity contribution is 6.36. The molecule has 10 heteroatoms. The van der Waals surface area contributed by atoms with Crippen LogP contribution >= 0.6 is 23.2 Å². The van der Waals surface area contributed by atoms with Crippen molar-refractivity contribution in [3.05, 3.63) is 63.6 Å². The maximum absolute atomic E-state index is 12.1. The fraction of sp³-hybridized carbons (Fsp3) is 0.273. The summed E-state index contributed by atoms with van der Waals surface area (Å²) in [6, 6.07) is 11.6. The summed E-state index contributed by atoms with van der Waals surface area (Å²) in [6.45, 7) is -0.310. The summed E-state index contributed by atoms with van der Waals surface area (Å²) in [5.74, 6) is -1.32. The average Bonchev–Trinajstić information content (AvgIpc) is 3.60. The third-order valence-electron chi connectivity index (χ3n) is 4.66. The van der Waals surface area contributed by atoms with Gasteiger partial charge in [-0.2, -0.15) is 0 Å². The molecule has 0 unspecified atom stereocenters.